The van der Waals surface area contributed by atoms with E-state index < -0.39 is 0 Å². The fourth-order valence-corrected chi connectivity index (χ4v) is 2.86. The van der Waals surface area contributed by atoms with Crippen molar-refractivity contribution in [2.24, 2.45) is 0 Å². The number of β-lactam (4-membered cyclic amide) rings is 1. The summed E-state index contributed by atoms with van der Waals surface area (Å²) >= 11 is 0. The number of methoxy groups -OCH3 is 2. The highest BCUT2D eigenvalue weighted by molar-refractivity contribution is 6.15. The molecular weight excluding hydrogens is 302 g/mol. The molecule has 2 aromatic carbocycles. The highest BCUT2D eigenvalue weighted by Crippen LogP contribution is 2.43. The molecule has 1 aliphatic heterocycles. The highest BCUT2D eigenvalue weighted by Gasteiger charge is 2.43. The van der Waals surface area contributed by atoms with Crippen molar-refractivity contribution in [2.75, 3.05) is 19.1 Å². The van der Waals surface area contributed by atoms with Gasteiger partial charge in [0.05, 0.1) is 20.3 Å². The maximum atomic E-state index is 12.6. The van der Waals surface area contributed by atoms with E-state index in [9.17, 15) is 4.79 Å². The maximum absolute atomic E-state index is 12.6. The first kappa shape index (κ1) is 15.9. The summed E-state index contributed by atoms with van der Waals surface area (Å²) in [6.07, 6.45) is 3.42. The first-order valence-corrected chi connectivity index (χ1v) is 7.63. The molecule has 2 aromatic rings. The predicted molar refractivity (Wildman–Crippen MR) is 94.5 cm³/mol. The molecule has 1 unspecified atom stereocenters. The van der Waals surface area contributed by atoms with E-state index in [1.165, 1.54) is 0 Å². The van der Waals surface area contributed by atoms with Crippen LogP contribution < -0.4 is 14.4 Å². The lowest BCUT2D eigenvalue weighted by atomic mass is 9.87. The Bertz CT molecular complexity index is 776. The van der Waals surface area contributed by atoms with E-state index in [4.69, 9.17) is 9.47 Å². The SMILES string of the molecule is C=C/C=C1/C(=O)N(c2ccc(OC)cc2)C1c1ccc(OC)cc1. The molecule has 1 fully saturated rings. The molecule has 1 atom stereocenters. The van der Waals surface area contributed by atoms with Gasteiger partial charge in [-0.05, 0) is 42.0 Å². The van der Waals surface area contributed by atoms with Crippen LogP contribution in [0.5, 0.6) is 11.5 Å². The van der Waals surface area contributed by atoms with Crippen molar-refractivity contribution in [3.8, 4) is 11.5 Å². The Morgan fingerprint density at radius 2 is 1.50 bits per heavy atom. The van der Waals surface area contributed by atoms with Crippen molar-refractivity contribution in [1.82, 2.24) is 0 Å². The molecule has 3 rings (SSSR count). The molecule has 122 valence electrons. The number of carbonyl (C=O) groups is 1. The topological polar surface area (TPSA) is 38.8 Å². The summed E-state index contributed by atoms with van der Waals surface area (Å²) in [4.78, 5) is 14.3. The second kappa shape index (κ2) is 6.62. The lowest BCUT2D eigenvalue weighted by Crippen LogP contribution is -2.49. The van der Waals surface area contributed by atoms with Crippen LogP contribution in [0.4, 0.5) is 5.69 Å². The van der Waals surface area contributed by atoms with Crippen LogP contribution >= 0.6 is 0 Å². The van der Waals surface area contributed by atoms with Gasteiger partial charge < -0.3 is 9.47 Å². The molecule has 0 aromatic heterocycles. The monoisotopic (exact) mass is 321 g/mol. The number of benzene rings is 2. The molecule has 0 N–H and O–H groups in total. The second-order valence-corrected chi connectivity index (χ2v) is 5.41. The van der Waals surface area contributed by atoms with Crippen LogP contribution in [-0.2, 0) is 4.79 Å². The first-order valence-electron chi connectivity index (χ1n) is 7.63. The van der Waals surface area contributed by atoms with Crippen molar-refractivity contribution < 1.29 is 14.3 Å². The number of nitrogens with zero attached hydrogens (tertiary/aromatic N) is 1. The average Bonchev–Trinajstić information content (AvgIpc) is 2.64. The van der Waals surface area contributed by atoms with Gasteiger partial charge in [-0.3, -0.25) is 9.69 Å². The molecule has 0 saturated carbocycles. The normalized spacial score (nSPS) is 18.2. The average molecular weight is 321 g/mol. The summed E-state index contributed by atoms with van der Waals surface area (Å²) in [7, 11) is 3.25. The molecule has 0 aliphatic carbocycles. The summed E-state index contributed by atoms with van der Waals surface area (Å²) in [5.74, 6) is 1.53. The Balaban J connectivity index is 1.98. The molecule has 4 heteroatoms. The van der Waals surface area contributed by atoms with E-state index in [1.807, 2.05) is 48.5 Å². The van der Waals surface area contributed by atoms with Gasteiger partial charge in [0.15, 0.2) is 0 Å². The molecular formula is C20H19NO3. The van der Waals surface area contributed by atoms with Crippen molar-refractivity contribution in [3.63, 3.8) is 0 Å². The van der Waals surface area contributed by atoms with Gasteiger partial charge in [0.1, 0.15) is 11.5 Å². The van der Waals surface area contributed by atoms with Crippen molar-refractivity contribution >= 4 is 11.6 Å². The van der Waals surface area contributed by atoms with Gasteiger partial charge in [0.25, 0.3) is 5.91 Å². The number of carbonyl (C=O) groups excluding carboxylic acids is 1. The third-order valence-electron chi connectivity index (χ3n) is 4.10. The summed E-state index contributed by atoms with van der Waals surface area (Å²) in [6.45, 7) is 3.71. The number of anilines is 1. The Kier molecular flexibility index (Phi) is 4.38. The van der Waals surface area contributed by atoms with Crippen molar-refractivity contribution in [2.45, 2.75) is 6.04 Å². The van der Waals surface area contributed by atoms with Gasteiger partial charge in [-0.2, -0.15) is 0 Å². The predicted octanol–water partition coefficient (Wildman–Crippen LogP) is 3.90. The van der Waals surface area contributed by atoms with Crippen LogP contribution in [0.15, 0.2) is 72.8 Å². The molecule has 4 nitrogen and oxygen atoms in total. The number of ether oxygens (including phenoxy) is 2. The van der Waals surface area contributed by atoms with Gasteiger partial charge >= 0.3 is 0 Å². The minimum Gasteiger partial charge on any atom is -0.497 e. The van der Waals surface area contributed by atoms with Crippen LogP contribution in [0.3, 0.4) is 0 Å². The summed E-state index contributed by atoms with van der Waals surface area (Å²) in [5.41, 5.74) is 2.59. The van der Waals surface area contributed by atoms with E-state index in [2.05, 4.69) is 6.58 Å². The van der Waals surface area contributed by atoms with E-state index in [1.54, 1.807) is 31.3 Å². The van der Waals surface area contributed by atoms with Crippen molar-refractivity contribution in [3.05, 3.63) is 78.4 Å². The number of hydrogen-bond donors (Lipinski definition) is 0. The van der Waals surface area contributed by atoms with E-state index >= 15 is 0 Å². The van der Waals surface area contributed by atoms with Crippen LogP contribution in [0, 0.1) is 0 Å². The standard InChI is InChI=1S/C20H19NO3/c1-4-5-18-19(14-6-10-16(23-2)11-7-14)21(20(18)22)15-8-12-17(24-3)13-9-15/h4-13,19H,1H2,2-3H3/b18-5+. The first-order chi connectivity index (χ1) is 11.7. The molecule has 1 saturated heterocycles. The zero-order chi connectivity index (χ0) is 17.1. The summed E-state index contributed by atoms with van der Waals surface area (Å²) < 4.78 is 10.4. The smallest absolute Gasteiger partial charge is 0.257 e. The Labute approximate surface area is 141 Å². The number of rotatable bonds is 5. The van der Waals surface area contributed by atoms with E-state index in [0.29, 0.717) is 0 Å². The minimum atomic E-state index is -0.130. The molecule has 1 amide bonds. The largest absolute Gasteiger partial charge is 0.497 e. The lowest BCUT2D eigenvalue weighted by Gasteiger charge is -2.43. The molecule has 0 bridgehead atoms. The van der Waals surface area contributed by atoms with Gasteiger partial charge in [-0.1, -0.05) is 30.9 Å². The number of hydrogen-bond acceptors (Lipinski definition) is 3. The number of allylic oxidation sites excluding steroid dienone is 2. The quantitative estimate of drug-likeness (QED) is 0.619. The summed E-state index contributed by atoms with van der Waals surface area (Å²) in [5, 5.41) is 0. The third-order valence-corrected chi connectivity index (χ3v) is 4.10. The van der Waals surface area contributed by atoms with Gasteiger partial charge in [-0.25, -0.2) is 0 Å². The third kappa shape index (κ3) is 2.67. The van der Waals surface area contributed by atoms with Crippen molar-refractivity contribution in [1.29, 1.82) is 0 Å². The van der Waals surface area contributed by atoms with Crippen LogP contribution in [0.25, 0.3) is 0 Å². The van der Waals surface area contributed by atoms with Gasteiger partial charge in [0.2, 0.25) is 0 Å². The van der Waals surface area contributed by atoms with Gasteiger partial charge in [-0.15, -0.1) is 0 Å². The molecule has 1 heterocycles. The zero-order valence-electron chi connectivity index (χ0n) is 13.7. The zero-order valence-corrected chi connectivity index (χ0v) is 13.7. The highest BCUT2D eigenvalue weighted by atomic mass is 16.5. The lowest BCUT2D eigenvalue weighted by molar-refractivity contribution is -0.119. The van der Waals surface area contributed by atoms with Gasteiger partial charge in [0, 0.05) is 11.3 Å². The van der Waals surface area contributed by atoms with E-state index in [0.717, 1.165) is 28.3 Å². The molecule has 0 spiro atoms. The maximum Gasteiger partial charge on any atom is 0.257 e. The minimum absolute atomic E-state index is 0.0131. The fraction of sp³-hybridized carbons (Fsp3) is 0.150. The second-order valence-electron chi connectivity index (χ2n) is 5.41. The fourth-order valence-electron chi connectivity index (χ4n) is 2.86. The van der Waals surface area contributed by atoms with Crippen LogP contribution in [-0.4, -0.2) is 20.1 Å². The van der Waals surface area contributed by atoms with Crippen LogP contribution in [0.2, 0.25) is 0 Å². The van der Waals surface area contributed by atoms with Crippen LogP contribution in [0.1, 0.15) is 11.6 Å². The molecule has 24 heavy (non-hydrogen) atoms. The van der Waals surface area contributed by atoms with E-state index in [-0.39, 0.29) is 11.9 Å². The molecule has 1 aliphatic rings. The molecule has 0 radical (unpaired) electrons. The Morgan fingerprint density at radius 3 is 2.00 bits per heavy atom. The Hall–Kier alpha value is -3.01. The number of amides is 1. The summed E-state index contributed by atoms with van der Waals surface area (Å²) in [6, 6.07) is 15.1. The Morgan fingerprint density at radius 1 is 0.958 bits per heavy atom.